The molecule has 0 aliphatic rings. The van der Waals surface area contributed by atoms with Crippen molar-refractivity contribution < 1.29 is 13.9 Å². The maximum absolute atomic E-state index is 13.9. The van der Waals surface area contributed by atoms with Gasteiger partial charge in [0.2, 0.25) is 0 Å². The van der Waals surface area contributed by atoms with Crippen LogP contribution in [0, 0.1) is 17.6 Å². The molecule has 3 rings (SSSR count). The number of fused-ring (bicyclic) bond motifs is 1. The lowest BCUT2D eigenvalue weighted by atomic mass is 10.0. The zero-order valence-electron chi connectivity index (χ0n) is 15.3. The van der Waals surface area contributed by atoms with Gasteiger partial charge >= 0.3 is 4.87 Å². The summed E-state index contributed by atoms with van der Waals surface area (Å²) in [7, 11) is 0. The lowest BCUT2D eigenvalue weighted by molar-refractivity contribution is 0.259. The van der Waals surface area contributed by atoms with E-state index in [0.29, 0.717) is 27.2 Å². The molecule has 0 unspecified atom stereocenters. The topological polar surface area (TPSA) is 90.9 Å². The molecule has 2 aromatic heterocycles. The first-order valence-corrected chi connectivity index (χ1v) is 10.5. The third kappa shape index (κ3) is 4.86. The molecule has 0 saturated heterocycles. The van der Waals surface area contributed by atoms with Gasteiger partial charge in [0, 0.05) is 11.3 Å². The van der Waals surface area contributed by atoms with E-state index in [-0.39, 0.29) is 28.8 Å². The average molecular weight is 427 g/mol. The molecule has 28 heavy (non-hydrogen) atoms. The molecule has 1 atom stereocenters. The van der Waals surface area contributed by atoms with Gasteiger partial charge in [-0.15, -0.1) is 0 Å². The average Bonchev–Trinajstić information content (AvgIpc) is 3.02. The third-order valence-electron chi connectivity index (χ3n) is 3.97. The number of aromatic amines is 1. The Balaban J connectivity index is 1.88. The second kappa shape index (κ2) is 8.97. The first-order chi connectivity index (χ1) is 13.4. The van der Waals surface area contributed by atoms with E-state index in [1.807, 2.05) is 13.8 Å². The number of thiazole rings is 1. The molecule has 0 amide bonds. The van der Waals surface area contributed by atoms with Gasteiger partial charge in [0.05, 0.1) is 12.6 Å². The number of aliphatic hydroxyl groups excluding tert-OH is 1. The molecule has 0 saturated carbocycles. The van der Waals surface area contributed by atoms with Crippen LogP contribution in [0.5, 0.6) is 0 Å². The summed E-state index contributed by atoms with van der Waals surface area (Å²) in [6.07, 6.45) is 0.721. The van der Waals surface area contributed by atoms with Crippen molar-refractivity contribution in [1.82, 2.24) is 15.0 Å². The summed E-state index contributed by atoms with van der Waals surface area (Å²) in [6, 6.07) is 3.78. The summed E-state index contributed by atoms with van der Waals surface area (Å²) in [5.74, 6) is -0.862. The van der Waals surface area contributed by atoms with Crippen LogP contribution in [-0.4, -0.2) is 32.7 Å². The quantitative estimate of drug-likeness (QED) is 0.375. The van der Waals surface area contributed by atoms with Crippen LogP contribution in [0.2, 0.25) is 0 Å². The number of H-pyrrole nitrogens is 1. The second-order valence-electron chi connectivity index (χ2n) is 6.70. The van der Waals surface area contributed by atoms with Gasteiger partial charge in [-0.3, -0.25) is 9.78 Å². The Hall–Kier alpha value is -2.04. The maximum atomic E-state index is 13.9. The predicted octanol–water partition coefficient (Wildman–Crippen LogP) is 3.77. The Morgan fingerprint density at radius 3 is 2.82 bits per heavy atom. The van der Waals surface area contributed by atoms with Crippen molar-refractivity contribution >= 4 is 39.3 Å². The van der Waals surface area contributed by atoms with Crippen LogP contribution in [0.15, 0.2) is 28.2 Å². The van der Waals surface area contributed by atoms with E-state index in [1.165, 1.54) is 12.1 Å². The number of rotatable bonds is 8. The fourth-order valence-electron chi connectivity index (χ4n) is 2.73. The number of hydrogen-bond donors (Lipinski definition) is 3. The molecule has 150 valence electrons. The fraction of sp³-hybridized carbons (Fsp3) is 0.389. The standard InChI is InChI=1S/C18H20F2N4O2S2/c1-9(2)6-11(7-25)21-15-14-16(24-18(26)28-14)23-17(22-15)27-8-10-4-3-5-12(19)13(10)20/h3-5,9,11,25H,6-8H2,1-2H3,(H2,21,22,23,24,26)/t11-/m1/s1. The van der Waals surface area contributed by atoms with Gasteiger partial charge in [0.25, 0.3) is 0 Å². The summed E-state index contributed by atoms with van der Waals surface area (Å²) in [5, 5.41) is 13.1. The fourth-order valence-corrected chi connectivity index (χ4v) is 4.28. The summed E-state index contributed by atoms with van der Waals surface area (Å²) in [6.45, 7) is 4.01. The minimum Gasteiger partial charge on any atom is -0.394 e. The summed E-state index contributed by atoms with van der Waals surface area (Å²) < 4.78 is 27.8. The number of nitrogens with zero attached hydrogens (tertiary/aromatic N) is 2. The van der Waals surface area contributed by atoms with Crippen molar-refractivity contribution in [3.05, 3.63) is 45.1 Å². The van der Waals surface area contributed by atoms with Crippen molar-refractivity contribution in [2.45, 2.75) is 37.2 Å². The van der Waals surface area contributed by atoms with E-state index in [1.54, 1.807) is 0 Å². The van der Waals surface area contributed by atoms with Gasteiger partial charge in [0.1, 0.15) is 4.70 Å². The number of nitrogens with one attached hydrogen (secondary N) is 2. The molecule has 2 heterocycles. The van der Waals surface area contributed by atoms with E-state index >= 15 is 0 Å². The van der Waals surface area contributed by atoms with Crippen molar-refractivity contribution in [3.63, 3.8) is 0 Å². The molecule has 6 nitrogen and oxygen atoms in total. The van der Waals surface area contributed by atoms with Crippen LogP contribution in [0.4, 0.5) is 14.6 Å². The van der Waals surface area contributed by atoms with Gasteiger partial charge in [-0.05, 0) is 18.4 Å². The first kappa shape index (κ1) is 20.7. The van der Waals surface area contributed by atoms with Crippen LogP contribution < -0.4 is 10.2 Å². The smallest absolute Gasteiger partial charge is 0.306 e. The van der Waals surface area contributed by atoms with E-state index in [0.717, 1.165) is 35.6 Å². The molecular weight excluding hydrogens is 406 g/mol. The highest BCUT2D eigenvalue weighted by Crippen LogP contribution is 2.28. The molecule has 0 aliphatic heterocycles. The maximum Gasteiger partial charge on any atom is 0.306 e. The third-order valence-corrected chi connectivity index (χ3v) is 5.74. The summed E-state index contributed by atoms with van der Waals surface area (Å²) in [4.78, 5) is 22.9. The lowest BCUT2D eigenvalue weighted by Gasteiger charge is -2.19. The monoisotopic (exact) mass is 426 g/mol. The summed E-state index contributed by atoms with van der Waals surface area (Å²) in [5.41, 5.74) is 0.575. The zero-order chi connectivity index (χ0) is 20.3. The van der Waals surface area contributed by atoms with Crippen LogP contribution in [0.3, 0.4) is 0 Å². The Bertz CT molecular complexity index is 1020. The lowest BCUT2D eigenvalue weighted by Crippen LogP contribution is -2.26. The van der Waals surface area contributed by atoms with Crippen molar-refractivity contribution in [3.8, 4) is 0 Å². The van der Waals surface area contributed by atoms with Crippen LogP contribution in [-0.2, 0) is 5.75 Å². The van der Waals surface area contributed by atoms with Gasteiger partial charge in [0.15, 0.2) is 28.3 Å². The number of anilines is 1. The molecule has 3 N–H and O–H groups in total. The minimum atomic E-state index is -0.904. The van der Waals surface area contributed by atoms with Gasteiger partial charge in [-0.2, -0.15) is 0 Å². The van der Waals surface area contributed by atoms with E-state index in [2.05, 4.69) is 20.3 Å². The first-order valence-electron chi connectivity index (χ1n) is 8.71. The normalized spacial score (nSPS) is 12.6. The van der Waals surface area contributed by atoms with Crippen molar-refractivity contribution in [2.75, 3.05) is 11.9 Å². The number of aliphatic hydroxyl groups is 1. The van der Waals surface area contributed by atoms with Gasteiger partial charge in [-0.1, -0.05) is 49.1 Å². The van der Waals surface area contributed by atoms with Gasteiger partial charge < -0.3 is 10.4 Å². The molecule has 0 bridgehead atoms. The summed E-state index contributed by atoms with van der Waals surface area (Å²) >= 11 is 2.11. The highest BCUT2D eigenvalue weighted by atomic mass is 32.2. The Morgan fingerprint density at radius 1 is 1.32 bits per heavy atom. The Morgan fingerprint density at radius 2 is 2.11 bits per heavy atom. The molecular formula is C18H20F2N4O2S2. The second-order valence-corrected chi connectivity index (χ2v) is 8.63. The highest BCUT2D eigenvalue weighted by Gasteiger charge is 2.17. The number of halogens is 2. The molecule has 10 heteroatoms. The van der Waals surface area contributed by atoms with Crippen LogP contribution in [0.1, 0.15) is 25.8 Å². The number of hydrogen-bond acceptors (Lipinski definition) is 7. The SMILES string of the molecule is CC(C)C[C@H](CO)Nc1nc(SCc2cccc(F)c2F)nc2[nH]c(=O)sc12. The predicted molar refractivity (Wildman–Crippen MR) is 108 cm³/mol. The molecule has 0 aliphatic carbocycles. The van der Waals surface area contributed by atoms with Crippen LogP contribution >= 0.6 is 23.1 Å². The van der Waals surface area contributed by atoms with Crippen molar-refractivity contribution in [2.24, 2.45) is 5.92 Å². The van der Waals surface area contributed by atoms with Crippen LogP contribution in [0.25, 0.3) is 10.3 Å². The molecule has 0 fully saturated rings. The zero-order valence-corrected chi connectivity index (χ0v) is 17.0. The Kier molecular flexibility index (Phi) is 6.63. The number of thioether (sulfide) groups is 1. The molecule has 3 aromatic rings. The van der Waals surface area contributed by atoms with Gasteiger partial charge in [-0.25, -0.2) is 18.7 Å². The molecule has 1 aromatic carbocycles. The Labute approximate surface area is 168 Å². The number of benzene rings is 1. The number of aromatic nitrogens is 3. The van der Waals surface area contributed by atoms with Crippen molar-refractivity contribution in [1.29, 1.82) is 0 Å². The van der Waals surface area contributed by atoms with E-state index in [9.17, 15) is 18.7 Å². The van der Waals surface area contributed by atoms with E-state index < -0.39 is 11.6 Å². The highest BCUT2D eigenvalue weighted by molar-refractivity contribution is 7.98. The minimum absolute atomic E-state index is 0.0834. The molecule has 0 radical (unpaired) electrons. The molecule has 0 spiro atoms. The van der Waals surface area contributed by atoms with E-state index in [4.69, 9.17) is 0 Å². The largest absolute Gasteiger partial charge is 0.394 e.